The quantitative estimate of drug-likeness (QED) is 0.535. The summed E-state index contributed by atoms with van der Waals surface area (Å²) in [6.07, 6.45) is 3.81. The second-order valence-corrected chi connectivity index (χ2v) is 9.33. The third-order valence-electron chi connectivity index (χ3n) is 7.10. The Morgan fingerprint density at radius 2 is 1.65 bits per heavy atom. The molecule has 1 aromatic rings. The van der Waals surface area contributed by atoms with Gasteiger partial charge in [-0.05, 0) is 61.1 Å². The minimum atomic E-state index is -0.998. The molecule has 0 radical (unpaired) electrons. The van der Waals surface area contributed by atoms with Crippen LogP contribution in [0.3, 0.4) is 0 Å². The molecule has 1 aromatic carbocycles. The molecule has 2 bridgehead atoms. The molecule has 166 valence electrons. The molecule has 0 aromatic heterocycles. The lowest BCUT2D eigenvalue weighted by atomic mass is 9.81. The van der Waals surface area contributed by atoms with Crippen LogP contribution in [0.25, 0.3) is 0 Å². The maximum Gasteiger partial charge on any atom is 0.330 e. The van der Waals surface area contributed by atoms with E-state index in [1.807, 2.05) is 19.1 Å². The first kappa shape index (κ1) is 21.5. The lowest BCUT2D eigenvalue weighted by molar-refractivity contribution is -0.162. The van der Waals surface area contributed by atoms with Crippen molar-refractivity contribution in [2.24, 2.45) is 29.6 Å². The summed E-state index contributed by atoms with van der Waals surface area (Å²) in [4.78, 5) is 52.4. The number of likely N-dealkylation sites (tertiary alicyclic amines) is 1. The standard InChI is InChI=1S/C24H30N2O5/c1-4-14-5-9-17(10-6-14)25-18(27)12-31-24(30)21(13(2)3)26-22(28)19-15-7-8-16(11-15)20(19)23(26)29/h5-6,9-10,13,15-16,19-21H,4,7-8,11-12H2,1-3H3,(H,25,27)/t15-,16-,19-,20-,21-/m0/s1. The van der Waals surface area contributed by atoms with Crippen molar-refractivity contribution >= 4 is 29.4 Å². The molecule has 1 heterocycles. The number of imide groups is 1. The Labute approximate surface area is 182 Å². The smallest absolute Gasteiger partial charge is 0.330 e. The highest BCUT2D eigenvalue weighted by Gasteiger charge is 2.62. The minimum absolute atomic E-state index is 0.238. The number of fused-ring (bicyclic) bond motifs is 5. The third kappa shape index (κ3) is 3.86. The average Bonchev–Trinajstić information content (AvgIpc) is 3.42. The van der Waals surface area contributed by atoms with Crippen LogP contribution in [0.1, 0.15) is 45.6 Å². The summed E-state index contributed by atoms with van der Waals surface area (Å²) < 4.78 is 5.25. The van der Waals surface area contributed by atoms with Gasteiger partial charge in [-0.3, -0.25) is 19.3 Å². The highest BCUT2D eigenvalue weighted by molar-refractivity contribution is 6.08. The highest BCUT2D eigenvalue weighted by Crippen LogP contribution is 2.56. The fourth-order valence-electron chi connectivity index (χ4n) is 5.62. The van der Waals surface area contributed by atoms with Crippen molar-refractivity contribution in [2.45, 2.75) is 52.5 Å². The van der Waals surface area contributed by atoms with Gasteiger partial charge in [0.2, 0.25) is 11.8 Å². The zero-order chi connectivity index (χ0) is 22.3. The van der Waals surface area contributed by atoms with Crippen LogP contribution in [0, 0.1) is 29.6 Å². The van der Waals surface area contributed by atoms with Crippen molar-refractivity contribution in [2.75, 3.05) is 11.9 Å². The molecule has 1 N–H and O–H groups in total. The first-order valence-electron chi connectivity index (χ1n) is 11.2. The maximum absolute atomic E-state index is 13.1. The Kier molecular flexibility index (Phi) is 5.86. The van der Waals surface area contributed by atoms with E-state index >= 15 is 0 Å². The molecule has 3 fully saturated rings. The van der Waals surface area contributed by atoms with Gasteiger partial charge in [-0.2, -0.15) is 0 Å². The van der Waals surface area contributed by atoms with E-state index in [0.717, 1.165) is 36.1 Å². The zero-order valence-electron chi connectivity index (χ0n) is 18.3. The van der Waals surface area contributed by atoms with Gasteiger partial charge in [0.1, 0.15) is 6.04 Å². The van der Waals surface area contributed by atoms with Crippen LogP contribution in [0.2, 0.25) is 0 Å². The molecule has 1 aliphatic heterocycles. The van der Waals surface area contributed by atoms with Crippen LogP contribution in [-0.2, 0) is 30.3 Å². The Bertz CT molecular complexity index is 866. The van der Waals surface area contributed by atoms with Crippen LogP contribution in [-0.4, -0.2) is 41.2 Å². The Balaban J connectivity index is 1.39. The lowest BCUT2D eigenvalue weighted by Crippen LogP contribution is -2.50. The number of ether oxygens (including phenoxy) is 1. The molecular formula is C24H30N2O5. The van der Waals surface area contributed by atoms with Crippen molar-refractivity contribution in [1.82, 2.24) is 4.90 Å². The lowest BCUT2D eigenvalue weighted by Gasteiger charge is -2.28. The maximum atomic E-state index is 13.1. The Morgan fingerprint density at radius 1 is 1.06 bits per heavy atom. The molecule has 5 atom stereocenters. The molecule has 31 heavy (non-hydrogen) atoms. The number of hydrogen-bond donors (Lipinski definition) is 1. The summed E-state index contributed by atoms with van der Waals surface area (Å²) in [7, 11) is 0. The molecule has 1 saturated heterocycles. The molecule has 0 spiro atoms. The molecule has 0 unspecified atom stereocenters. The number of aryl methyl sites for hydroxylation is 1. The summed E-state index contributed by atoms with van der Waals surface area (Å²) in [6, 6.07) is 6.44. The van der Waals surface area contributed by atoms with Crippen LogP contribution in [0.15, 0.2) is 24.3 Å². The van der Waals surface area contributed by atoms with Crippen LogP contribution < -0.4 is 5.32 Å². The van der Waals surface area contributed by atoms with Gasteiger partial charge in [-0.15, -0.1) is 0 Å². The number of hydrogen-bond acceptors (Lipinski definition) is 5. The molecular weight excluding hydrogens is 396 g/mol. The van der Waals surface area contributed by atoms with Crippen molar-refractivity contribution in [1.29, 1.82) is 0 Å². The van der Waals surface area contributed by atoms with E-state index in [-0.39, 0.29) is 41.4 Å². The zero-order valence-corrected chi connectivity index (χ0v) is 18.3. The predicted molar refractivity (Wildman–Crippen MR) is 114 cm³/mol. The summed E-state index contributed by atoms with van der Waals surface area (Å²) in [5.74, 6) is -2.01. The van der Waals surface area contributed by atoms with Gasteiger partial charge in [0, 0.05) is 5.69 Å². The van der Waals surface area contributed by atoms with E-state index in [9.17, 15) is 19.2 Å². The number of amides is 3. The number of carbonyl (C=O) groups is 4. The summed E-state index contributed by atoms with van der Waals surface area (Å²) in [6.45, 7) is 5.15. The van der Waals surface area contributed by atoms with Crippen LogP contribution in [0.5, 0.6) is 0 Å². The van der Waals surface area contributed by atoms with Gasteiger partial charge >= 0.3 is 5.97 Å². The fourth-order valence-corrected chi connectivity index (χ4v) is 5.62. The van der Waals surface area contributed by atoms with Crippen molar-refractivity contribution in [3.8, 4) is 0 Å². The van der Waals surface area contributed by atoms with E-state index in [2.05, 4.69) is 5.32 Å². The molecule has 7 heteroatoms. The van der Waals surface area contributed by atoms with E-state index in [1.165, 1.54) is 0 Å². The summed E-state index contributed by atoms with van der Waals surface area (Å²) in [5, 5.41) is 2.69. The normalized spacial score (nSPS) is 27.5. The molecule has 3 aliphatic rings. The number of nitrogens with one attached hydrogen (secondary N) is 1. The second kappa shape index (κ2) is 8.44. The number of carbonyl (C=O) groups excluding carboxylic acids is 4. The van der Waals surface area contributed by atoms with Gasteiger partial charge in [0.15, 0.2) is 6.61 Å². The van der Waals surface area contributed by atoms with E-state index in [1.54, 1.807) is 26.0 Å². The number of rotatable bonds is 7. The van der Waals surface area contributed by atoms with Crippen molar-refractivity contribution in [3.05, 3.63) is 29.8 Å². The number of esters is 1. The number of anilines is 1. The molecule has 2 saturated carbocycles. The highest BCUT2D eigenvalue weighted by atomic mass is 16.5. The first-order valence-corrected chi connectivity index (χ1v) is 11.2. The Morgan fingerprint density at radius 3 is 2.16 bits per heavy atom. The first-order chi connectivity index (χ1) is 14.8. The van der Waals surface area contributed by atoms with Gasteiger partial charge in [0.05, 0.1) is 11.8 Å². The van der Waals surface area contributed by atoms with Gasteiger partial charge in [-0.1, -0.05) is 32.9 Å². The van der Waals surface area contributed by atoms with E-state index in [4.69, 9.17) is 4.74 Å². The molecule has 3 amide bonds. The molecule has 4 rings (SSSR count). The molecule has 2 aliphatic carbocycles. The largest absolute Gasteiger partial charge is 0.454 e. The third-order valence-corrected chi connectivity index (χ3v) is 7.10. The van der Waals surface area contributed by atoms with Crippen LogP contribution in [0.4, 0.5) is 5.69 Å². The summed E-state index contributed by atoms with van der Waals surface area (Å²) in [5.41, 5.74) is 1.77. The minimum Gasteiger partial charge on any atom is -0.454 e. The monoisotopic (exact) mass is 426 g/mol. The van der Waals surface area contributed by atoms with Gasteiger partial charge < -0.3 is 10.1 Å². The van der Waals surface area contributed by atoms with Gasteiger partial charge in [-0.25, -0.2) is 4.79 Å². The van der Waals surface area contributed by atoms with E-state index in [0.29, 0.717) is 5.69 Å². The molecule has 7 nitrogen and oxygen atoms in total. The average molecular weight is 427 g/mol. The second-order valence-electron chi connectivity index (χ2n) is 9.33. The summed E-state index contributed by atoms with van der Waals surface area (Å²) >= 11 is 0. The van der Waals surface area contributed by atoms with Crippen LogP contribution >= 0.6 is 0 Å². The predicted octanol–water partition coefficient (Wildman–Crippen LogP) is 2.79. The SMILES string of the molecule is CCc1ccc(NC(=O)COC(=O)[C@H](C(C)C)N2C(=O)[C@H]3[C@H]4CC[C@@H](C4)[C@@H]3C2=O)cc1. The number of nitrogens with zero attached hydrogens (tertiary/aromatic N) is 1. The van der Waals surface area contributed by atoms with Gasteiger partial charge in [0.25, 0.3) is 5.91 Å². The fraction of sp³-hybridized carbons (Fsp3) is 0.583. The van der Waals surface area contributed by atoms with Crippen molar-refractivity contribution in [3.63, 3.8) is 0 Å². The van der Waals surface area contributed by atoms with Crippen molar-refractivity contribution < 1.29 is 23.9 Å². The van der Waals surface area contributed by atoms with E-state index < -0.39 is 24.5 Å². The topological polar surface area (TPSA) is 92.8 Å². The number of benzene rings is 1. The Hall–Kier alpha value is -2.70.